The average molecular weight is 1010 g/mol. The third kappa shape index (κ3) is 16.1. The van der Waals surface area contributed by atoms with E-state index in [4.69, 9.17) is 9.47 Å². The number of halogens is 8. The number of carbonyl (C=O) groups excluding carboxylic acids is 1. The molecule has 0 atom stereocenters. The Bertz CT molecular complexity index is 2580. The van der Waals surface area contributed by atoms with Gasteiger partial charge in [0.1, 0.15) is 11.5 Å². The molecule has 0 N–H and O–H groups in total. The van der Waals surface area contributed by atoms with Crippen molar-refractivity contribution in [3.63, 3.8) is 0 Å². The maximum atomic E-state index is 14.8. The third-order valence-corrected chi connectivity index (χ3v) is 13.1. The Balaban J connectivity index is 1.20. The van der Waals surface area contributed by atoms with Gasteiger partial charge in [0, 0.05) is 72.6 Å². The van der Waals surface area contributed by atoms with Crippen molar-refractivity contribution in [3.8, 4) is 34.0 Å². The number of rotatable bonds is 28. The normalized spacial score (nSPS) is 12.3. The molecular formula is C57H66F8N2O5. The number of aromatic nitrogens is 2. The molecule has 0 unspecified atom stereocenters. The van der Waals surface area contributed by atoms with Crippen molar-refractivity contribution in [2.45, 2.75) is 141 Å². The Hall–Kier alpha value is -5.83. The first-order chi connectivity index (χ1) is 34.3. The molecule has 0 saturated heterocycles. The molecule has 0 aliphatic heterocycles. The molecule has 0 radical (unpaired) electrons. The molecule has 15 heteroatoms. The predicted octanol–water partition coefficient (Wildman–Crippen LogP) is 16.1. The number of benzene rings is 4. The molecule has 4 aromatic carbocycles. The van der Waals surface area contributed by atoms with Crippen molar-refractivity contribution in [1.82, 2.24) is 9.13 Å². The summed E-state index contributed by atoms with van der Waals surface area (Å²) in [7, 11) is 3.60. The number of ether oxygens (including phenoxy) is 4. The Kier molecular flexibility index (Phi) is 19.4. The molecule has 0 saturated carbocycles. The minimum atomic E-state index is -4.88. The van der Waals surface area contributed by atoms with Crippen LogP contribution in [0.2, 0.25) is 0 Å². The average Bonchev–Trinajstić information content (AvgIpc) is 3.83. The Morgan fingerprint density at radius 2 is 1.00 bits per heavy atom. The van der Waals surface area contributed by atoms with E-state index in [1.54, 1.807) is 26.2 Å². The zero-order valence-electron chi connectivity index (χ0n) is 41.6. The summed E-state index contributed by atoms with van der Waals surface area (Å²) in [5.41, 5.74) is 6.81. The van der Waals surface area contributed by atoms with Gasteiger partial charge in [0.2, 0.25) is 5.92 Å². The number of nitrogens with zero attached hydrogens (tertiary/aromatic N) is 2. The van der Waals surface area contributed by atoms with Gasteiger partial charge in [-0.3, -0.25) is 0 Å². The number of carbonyl (C=O) groups is 1. The minimum absolute atomic E-state index is 0.00215. The van der Waals surface area contributed by atoms with Crippen LogP contribution in [0.5, 0.6) is 11.5 Å². The fraction of sp³-hybridized carbons (Fsp3) is 0.456. The topological polar surface area (TPSA) is 63.9 Å². The summed E-state index contributed by atoms with van der Waals surface area (Å²) in [5, 5.41) is 1.66. The van der Waals surface area contributed by atoms with Crippen molar-refractivity contribution >= 4 is 27.8 Å². The van der Waals surface area contributed by atoms with Crippen LogP contribution in [-0.2, 0) is 54.0 Å². The zero-order chi connectivity index (χ0) is 52.1. The summed E-state index contributed by atoms with van der Waals surface area (Å²) in [6.45, 7) is 7.38. The number of fused-ring (bicyclic) bond motifs is 2. The van der Waals surface area contributed by atoms with Crippen LogP contribution in [0, 0.1) is 0 Å². The lowest BCUT2D eigenvalue weighted by atomic mass is 9.99. The van der Waals surface area contributed by atoms with Gasteiger partial charge < -0.3 is 28.1 Å². The van der Waals surface area contributed by atoms with Gasteiger partial charge in [-0.1, -0.05) is 82.5 Å². The third-order valence-electron chi connectivity index (χ3n) is 13.1. The quantitative estimate of drug-likeness (QED) is 0.0212. The molecule has 0 aliphatic carbocycles. The van der Waals surface area contributed by atoms with E-state index in [1.807, 2.05) is 69.8 Å². The molecule has 0 spiro atoms. The second-order valence-corrected chi connectivity index (χ2v) is 18.6. The molecule has 0 aliphatic rings. The summed E-state index contributed by atoms with van der Waals surface area (Å²) >= 11 is 0. The van der Waals surface area contributed by atoms with E-state index in [-0.39, 0.29) is 43.7 Å². The first-order valence-corrected chi connectivity index (χ1v) is 25.0. The van der Waals surface area contributed by atoms with Crippen LogP contribution in [0.4, 0.5) is 35.1 Å². The van der Waals surface area contributed by atoms with E-state index in [0.29, 0.717) is 61.0 Å². The Labute approximate surface area is 417 Å². The fourth-order valence-electron chi connectivity index (χ4n) is 9.26. The van der Waals surface area contributed by atoms with Crippen molar-refractivity contribution in [3.05, 3.63) is 120 Å². The smallest absolute Gasteiger partial charge is 0.463 e. The number of alkyl halides is 8. The van der Waals surface area contributed by atoms with Gasteiger partial charge in [-0.05, 0) is 135 Å². The highest BCUT2D eigenvalue weighted by Gasteiger charge is 2.34. The second-order valence-electron chi connectivity index (χ2n) is 18.6. The van der Waals surface area contributed by atoms with Crippen molar-refractivity contribution in [2.75, 3.05) is 13.2 Å². The van der Waals surface area contributed by atoms with Crippen LogP contribution in [0.3, 0.4) is 0 Å². The largest absolute Gasteiger partial charge is 0.573 e. The van der Waals surface area contributed by atoms with Crippen molar-refractivity contribution in [2.24, 2.45) is 14.1 Å². The van der Waals surface area contributed by atoms with Crippen molar-refractivity contribution in [1.29, 1.82) is 0 Å². The SMILES string of the molecule is C=CC(=O)OCCCC(F)(F)CCCOC(CCc1ccc2cc(-c3ccc(CCCCC)cc3OC(F)(F)F)n(C)c2c1)CCc1ccc2cc(-c3ccc(CCCCC)cc3OC(F)(F)F)n(C)c2c1. The summed E-state index contributed by atoms with van der Waals surface area (Å²) in [6, 6.07) is 25.5. The maximum Gasteiger partial charge on any atom is 0.573 e. The van der Waals surface area contributed by atoms with Crippen LogP contribution >= 0.6 is 0 Å². The molecule has 2 aromatic heterocycles. The highest BCUT2D eigenvalue weighted by Crippen LogP contribution is 2.40. The van der Waals surface area contributed by atoms with E-state index in [0.717, 1.165) is 88.7 Å². The molecule has 72 heavy (non-hydrogen) atoms. The first-order valence-electron chi connectivity index (χ1n) is 25.0. The number of hydrogen-bond acceptors (Lipinski definition) is 5. The van der Waals surface area contributed by atoms with Crippen LogP contribution < -0.4 is 9.47 Å². The van der Waals surface area contributed by atoms with E-state index in [9.17, 15) is 39.9 Å². The highest BCUT2D eigenvalue weighted by atomic mass is 19.4. The summed E-state index contributed by atoms with van der Waals surface area (Å²) < 4.78 is 136. The summed E-state index contributed by atoms with van der Waals surface area (Å²) in [6.07, 6.45) is -0.848. The number of esters is 1. The van der Waals surface area contributed by atoms with Gasteiger partial charge >= 0.3 is 18.7 Å². The first kappa shape index (κ1) is 55.5. The maximum absolute atomic E-state index is 14.8. The molecule has 2 heterocycles. The molecule has 0 bridgehead atoms. The van der Waals surface area contributed by atoms with E-state index >= 15 is 0 Å². The molecule has 7 nitrogen and oxygen atoms in total. The highest BCUT2D eigenvalue weighted by molar-refractivity contribution is 5.90. The lowest BCUT2D eigenvalue weighted by molar-refractivity contribution is -0.275. The van der Waals surface area contributed by atoms with Gasteiger partial charge in [0.15, 0.2) is 0 Å². The standard InChI is InChI=1S/C57H66F8N2O5/c1-6-9-11-15-39-21-27-46(52(35-39)71-56(60,61)62)50-37-43-23-17-41(33-48(43)66(50)4)19-25-45(69-31-13-29-55(58,59)30-14-32-70-54(68)8-3)26-20-42-18-24-44-38-51(67(5)49(44)34-42)47-28-22-40(16-12-10-7-2)36-53(47)72-57(63,64)65/h8,17-18,21-24,27-28,33-38,45H,3,6-7,9-16,19-20,25-26,29-32H2,1-2,4-5H3. The van der Waals surface area contributed by atoms with Crippen molar-refractivity contribution < 1.29 is 58.9 Å². The van der Waals surface area contributed by atoms with Gasteiger partial charge in [0.05, 0.1) is 24.1 Å². The van der Waals surface area contributed by atoms with Gasteiger partial charge in [-0.15, -0.1) is 26.3 Å². The molecular weight excluding hydrogens is 945 g/mol. The van der Waals surface area contributed by atoms with E-state index in [1.165, 1.54) is 12.1 Å². The molecule has 0 fully saturated rings. The Morgan fingerprint density at radius 3 is 1.43 bits per heavy atom. The van der Waals surface area contributed by atoms with Crippen LogP contribution in [-0.4, -0.2) is 53.1 Å². The predicted molar refractivity (Wildman–Crippen MR) is 267 cm³/mol. The second kappa shape index (κ2) is 25.2. The zero-order valence-corrected chi connectivity index (χ0v) is 41.6. The lowest BCUT2D eigenvalue weighted by Gasteiger charge is -2.20. The van der Waals surface area contributed by atoms with Crippen LogP contribution in [0.1, 0.15) is 113 Å². The molecule has 6 aromatic rings. The summed E-state index contributed by atoms with van der Waals surface area (Å²) in [5.74, 6) is -4.17. The fourth-order valence-corrected chi connectivity index (χ4v) is 9.26. The number of aryl methyl sites for hydroxylation is 6. The Morgan fingerprint density at radius 1 is 0.569 bits per heavy atom. The van der Waals surface area contributed by atoms with Gasteiger partial charge in [0.25, 0.3) is 0 Å². The van der Waals surface area contributed by atoms with Crippen LogP contribution in [0.25, 0.3) is 44.3 Å². The van der Waals surface area contributed by atoms with Gasteiger partial charge in [-0.2, -0.15) is 0 Å². The summed E-state index contributed by atoms with van der Waals surface area (Å²) in [4.78, 5) is 11.3. The van der Waals surface area contributed by atoms with Crippen LogP contribution in [0.15, 0.2) is 97.6 Å². The lowest BCUT2D eigenvalue weighted by Crippen LogP contribution is -2.20. The number of unbranched alkanes of at least 4 members (excludes halogenated alkanes) is 4. The monoisotopic (exact) mass is 1010 g/mol. The van der Waals surface area contributed by atoms with E-state index in [2.05, 4.69) is 29.9 Å². The number of hydrogen-bond donors (Lipinski definition) is 0. The van der Waals surface area contributed by atoms with Gasteiger partial charge in [-0.25, -0.2) is 13.6 Å². The molecule has 390 valence electrons. The molecule has 6 rings (SSSR count). The van der Waals surface area contributed by atoms with E-state index < -0.39 is 37.5 Å². The minimum Gasteiger partial charge on any atom is -0.463 e. The molecule has 0 amide bonds.